The number of rotatable bonds is 3. The van der Waals surface area contributed by atoms with Crippen LogP contribution >= 0.6 is 0 Å². The van der Waals surface area contributed by atoms with Gasteiger partial charge in [-0.3, -0.25) is 9.59 Å². The van der Waals surface area contributed by atoms with E-state index in [1.807, 2.05) is 13.8 Å². The first-order valence-electron chi connectivity index (χ1n) is 7.28. The molecule has 21 heavy (non-hydrogen) atoms. The Labute approximate surface area is 124 Å². The van der Waals surface area contributed by atoms with Crippen molar-refractivity contribution in [2.24, 2.45) is 5.92 Å². The average Bonchev–Trinajstić information content (AvgIpc) is 2.46. The molecular weight excluding hydrogens is 271 g/mol. The van der Waals surface area contributed by atoms with Crippen molar-refractivity contribution in [2.45, 2.75) is 20.3 Å². The van der Waals surface area contributed by atoms with E-state index in [4.69, 9.17) is 0 Å². The van der Waals surface area contributed by atoms with E-state index >= 15 is 0 Å². The molecule has 1 aromatic rings. The number of halogens is 1. The Balaban J connectivity index is 1.87. The average molecular weight is 292 g/mol. The molecule has 2 amide bonds. The molecule has 0 bridgehead atoms. The molecule has 1 heterocycles. The second kappa shape index (κ2) is 6.70. The van der Waals surface area contributed by atoms with Crippen LogP contribution in [-0.2, 0) is 16.0 Å². The molecule has 0 unspecified atom stereocenters. The minimum absolute atomic E-state index is 0.0143. The Morgan fingerprint density at radius 3 is 2.33 bits per heavy atom. The normalized spacial score (nSPS) is 15.4. The zero-order chi connectivity index (χ0) is 15.4. The van der Waals surface area contributed by atoms with Gasteiger partial charge in [0.1, 0.15) is 5.82 Å². The van der Waals surface area contributed by atoms with Crippen molar-refractivity contribution in [3.63, 3.8) is 0 Å². The molecule has 0 radical (unpaired) electrons. The number of piperazine rings is 1. The van der Waals surface area contributed by atoms with Gasteiger partial charge in [0.05, 0.1) is 6.42 Å². The largest absolute Gasteiger partial charge is 0.339 e. The molecule has 0 aliphatic carbocycles. The first-order chi connectivity index (χ1) is 9.97. The quantitative estimate of drug-likeness (QED) is 0.850. The van der Waals surface area contributed by atoms with Gasteiger partial charge in [0.15, 0.2) is 0 Å². The molecule has 114 valence electrons. The summed E-state index contributed by atoms with van der Waals surface area (Å²) in [5.41, 5.74) is 0.681. The van der Waals surface area contributed by atoms with E-state index in [0.717, 1.165) is 0 Å². The van der Waals surface area contributed by atoms with Crippen molar-refractivity contribution in [1.29, 1.82) is 0 Å². The maximum Gasteiger partial charge on any atom is 0.227 e. The Bertz CT molecular complexity index is 523. The minimum Gasteiger partial charge on any atom is -0.339 e. The van der Waals surface area contributed by atoms with Gasteiger partial charge in [0.2, 0.25) is 11.8 Å². The summed E-state index contributed by atoms with van der Waals surface area (Å²) in [6, 6.07) is 6.11. The molecule has 1 fully saturated rings. The first kappa shape index (κ1) is 15.5. The fourth-order valence-corrected chi connectivity index (χ4v) is 2.47. The van der Waals surface area contributed by atoms with Crippen molar-refractivity contribution in [3.8, 4) is 0 Å². The van der Waals surface area contributed by atoms with Crippen molar-refractivity contribution in [1.82, 2.24) is 9.80 Å². The number of hydrogen-bond donors (Lipinski definition) is 0. The monoisotopic (exact) mass is 292 g/mol. The van der Waals surface area contributed by atoms with Crippen LogP contribution < -0.4 is 0 Å². The van der Waals surface area contributed by atoms with E-state index < -0.39 is 0 Å². The smallest absolute Gasteiger partial charge is 0.227 e. The maximum absolute atomic E-state index is 13.1. The number of benzene rings is 1. The second-order valence-electron chi connectivity index (χ2n) is 5.67. The molecule has 2 rings (SSSR count). The number of hydrogen-bond acceptors (Lipinski definition) is 2. The fraction of sp³-hybridized carbons (Fsp3) is 0.500. The van der Waals surface area contributed by atoms with Crippen molar-refractivity contribution in [2.75, 3.05) is 26.2 Å². The molecule has 1 aromatic carbocycles. The Hall–Kier alpha value is -1.91. The molecule has 4 nitrogen and oxygen atoms in total. The molecule has 0 spiro atoms. The van der Waals surface area contributed by atoms with E-state index in [0.29, 0.717) is 31.7 Å². The Morgan fingerprint density at radius 2 is 1.76 bits per heavy atom. The third-order valence-electron chi connectivity index (χ3n) is 3.68. The molecule has 0 atom stereocenters. The summed E-state index contributed by atoms with van der Waals surface area (Å²) in [5.74, 6) is -0.225. The van der Waals surface area contributed by atoms with Gasteiger partial charge in [-0.15, -0.1) is 0 Å². The lowest BCUT2D eigenvalue weighted by molar-refractivity contribution is -0.141. The highest BCUT2D eigenvalue weighted by Gasteiger charge is 2.25. The van der Waals surface area contributed by atoms with Gasteiger partial charge in [-0.05, 0) is 17.7 Å². The van der Waals surface area contributed by atoms with Crippen LogP contribution in [0.2, 0.25) is 0 Å². The number of amides is 2. The zero-order valence-electron chi connectivity index (χ0n) is 12.5. The van der Waals surface area contributed by atoms with Gasteiger partial charge in [0, 0.05) is 32.1 Å². The molecule has 0 N–H and O–H groups in total. The first-order valence-corrected chi connectivity index (χ1v) is 7.28. The summed E-state index contributed by atoms with van der Waals surface area (Å²) < 4.78 is 13.1. The summed E-state index contributed by atoms with van der Waals surface area (Å²) >= 11 is 0. The van der Waals surface area contributed by atoms with Crippen LogP contribution in [0.4, 0.5) is 4.39 Å². The van der Waals surface area contributed by atoms with Crippen LogP contribution in [0, 0.1) is 11.7 Å². The highest BCUT2D eigenvalue weighted by molar-refractivity contribution is 5.80. The van der Waals surface area contributed by atoms with Crippen LogP contribution in [0.3, 0.4) is 0 Å². The summed E-state index contributed by atoms with van der Waals surface area (Å²) in [5, 5.41) is 0. The van der Waals surface area contributed by atoms with E-state index in [2.05, 4.69) is 0 Å². The van der Waals surface area contributed by atoms with E-state index in [9.17, 15) is 14.0 Å². The van der Waals surface area contributed by atoms with Gasteiger partial charge in [-0.1, -0.05) is 26.0 Å². The van der Waals surface area contributed by atoms with Crippen LogP contribution in [-0.4, -0.2) is 47.8 Å². The van der Waals surface area contributed by atoms with Crippen LogP contribution in [0.25, 0.3) is 0 Å². The van der Waals surface area contributed by atoms with Crippen molar-refractivity contribution in [3.05, 3.63) is 35.6 Å². The van der Waals surface area contributed by atoms with Crippen LogP contribution in [0.1, 0.15) is 19.4 Å². The molecule has 0 aromatic heterocycles. The van der Waals surface area contributed by atoms with E-state index in [1.54, 1.807) is 21.9 Å². The topological polar surface area (TPSA) is 40.6 Å². The number of nitrogens with zero attached hydrogens (tertiary/aromatic N) is 2. The molecule has 0 saturated carbocycles. The highest BCUT2D eigenvalue weighted by Crippen LogP contribution is 2.10. The van der Waals surface area contributed by atoms with Gasteiger partial charge >= 0.3 is 0 Å². The number of carbonyl (C=O) groups is 2. The molecule has 1 saturated heterocycles. The summed E-state index contributed by atoms with van der Waals surface area (Å²) in [6.45, 7) is 6.00. The lowest BCUT2D eigenvalue weighted by Gasteiger charge is -2.35. The molecule has 5 heteroatoms. The van der Waals surface area contributed by atoms with Gasteiger partial charge in [-0.25, -0.2) is 4.39 Å². The summed E-state index contributed by atoms with van der Waals surface area (Å²) in [6.07, 6.45) is 0.204. The van der Waals surface area contributed by atoms with E-state index in [-0.39, 0.29) is 30.0 Å². The Morgan fingerprint density at radius 1 is 1.14 bits per heavy atom. The minimum atomic E-state index is -0.326. The Kier molecular flexibility index (Phi) is 4.94. The second-order valence-corrected chi connectivity index (χ2v) is 5.67. The molecular formula is C16H21FN2O2. The van der Waals surface area contributed by atoms with Crippen molar-refractivity contribution < 1.29 is 14.0 Å². The van der Waals surface area contributed by atoms with Crippen molar-refractivity contribution >= 4 is 11.8 Å². The van der Waals surface area contributed by atoms with Gasteiger partial charge < -0.3 is 9.80 Å². The zero-order valence-corrected chi connectivity index (χ0v) is 12.5. The third kappa shape index (κ3) is 4.03. The van der Waals surface area contributed by atoms with Gasteiger partial charge in [-0.2, -0.15) is 0 Å². The van der Waals surface area contributed by atoms with Gasteiger partial charge in [0.25, 0.3) is 0 Å². The fourth-order valence-electron chi connectivity index (χ4n) is 2.47. The highest BCUT2D eigenvalue weighted by atomic mass is 19.1. The molecule has 1 aliphatic heterocycles. The molecule has 1 aliphatic rings. The summed E-state index contributed by atoms with van der Waals surface area (Å²) in [4.78, 5) is 27.6. The third-order valence-corrected chi connectivity index (χ3v) is 3.68. The SMILES string of the molecule is CC(C)C(=O)N1CCN(C(=O)Cc2cccc(F)c2)CC1. The van der Waals surface area contributed by atoms with E-state index in [1.165, 1.54) is 12.1 Å². The lowest BCUT2D eigenvalue weighted by atomic mass is 10.1. The van der Waals surface area contributed by atoms with Crippen LogP contribution in [0.15, 0.2) is 24.3 Å². The predicted octanol–water partition coefficient (Wildman–Crippen LogP) is 1.69. The standard InChI is InChI=1S/C16H21FN2O2/c1-12(2)16(21)19-8-6-18(7-9-19)15(20)11-13-4-3-5-14(17)10-13/h3-5,10,12H,6-9,11H2,1-2H3. The maximum atomic E-state index is 13.1. The predicted molar refractivity (Wildman–Crippen MR) is 78.1 cm³/mol. The summed E-state index contributed by atoms with van der Waals surface area (Å²) in [7, 11) is 0. The lowest BCUT2D eigenvalue weighted by Crippen LogP contribution is -2.51. The number of carbonyl (C=O) groups excluding carboxylic acids is 2. The van der Waals surface area contributed by atoms with Crippen LogP contribution in [0.5, 0.6) is 0 Å².